The molecule has 0 saturated carbocycles. The van der Waals surface area contributed by atoms with E-state index in [1.54, 1.807) is 18.2 Å². The number of hydrogen-bond donors (Lipinski definition) is 1. The van der Waals surface area contributed by atoms with Gasteiger partial charge in [0.05, 0.1) is 12.0 Å². The number of carboxylic acid groups (broad SMARTS) is 1. The summed E-state index contributed by atoms with van der Waals surface area (Å²) in [7, 11) is 0. The zero-order valence-corrected chi connectivity index (χ0v) is 17.5. The largest absolute Gasteiger partial charge is 0.545 e. The Morgan fingerprint density at radius 3 is 2.50 bits per heavy atom. The Balaban J connectivity index is 1.93. The molecule has 6 nitrogen and oxygen atoms in total. The molecule has 0 spiro atoms. The Bertz CT molecular complexity index is 1060. The highest BCUT2D eigenvalue weighted by Crippen LogP contribution is 2.27. The van der Waals surface area contributed by atoms with Crippen molar-refractivity contribution in [2.75, 3.05) is 5.32 Å². The molecule has 1 aromatic carbocycles. The minimum atomic E-state index is -1.27. The lowest BCUT2D eigenvalue weighted by molar-refractivity contribution is -0.255. The Kier molecular flexibility index (Phi) is 6.77. The van der Waals surface area contributed by atoms with Gasteiger partial charge < -0.3 is 15.2 Å². The average molecular weight is 404 g/mol. The minimum Gasteiger partial charge on any atom is -0.545 e. The molecule has 0 fully saturated rings. The molecule has 1 atom stereocenters. The smallest absolute Gasteiger partial charge is 0.161 e. The summed E-state index contributed by atoms with van der Waals surface area (Å²) in [5.41, 5.74) is 2.03. The van der Waals surface area contributed by atoms with Gasteiger partial charge in [0.2, 0.25) is 0 Å². The topological polar surface area (TPSA) is 95.0 Å². The van der Waals surface area contributed by atoms with Crippen LogP contribution >= 0.6 is 0 Å². The van der Waals surface area contributed by atoms with Crippen molar-refractivity contribution >= 4 is 28.6 Å². The van der Waals surface area contributed by atoms with Crippen molar-refractivity contribution in [3.05, 3.63) is 65.4 Å². The number of aryl methyl sites for hydroxylation is 1. The fourth-order valence-corrected chi connectivity index (χ4v) is 3.36. The maximum atomic E-state index is 12.6. The zero-order valence-electron chi connectivity index (χ0n) is 17.5. The number of aromatic nitrogens is 2. The van der Waals surface area contributed by atoms with Crippen molar-refractivity contribution in [3.63, 3.8) is 0 Å². The maximum absolute atomic E-state index is 12.6. The second-order valence-electron chi connectivity index (χ2n) is 7.94. The number of anilines is 1. The van der Waals surface area contributed by atoms with E-state index in [1.165, 1.54) is 6.07 Å². The van der Waals surface area contributed by atoms with Crippen molar-refractivity contribution in [1.82, 2.24) is 9.97 Å². The summed E-state index contributed by atoms with van der Waals surface area (Å²) < 4.78 is 0. The summed E-state index contributed by atoms with van der Waals surface area (Å²) in [6.45, 7) is 6.04. The van der Waals surface area contributed by atoms with Crippen LogP contribution in [0, 0.1) is 12.8 Å². The quantitative estimate of drug-likeness (QED) is 0.582. The number of carbonyl (C=O) groups is 2. The van der Waals surface area contributed by atoms with E-state index < -0.39 is 12.0 Å². The lowest BCUT2D eigenvalue weighted by Gasteiger charge is -2.23. The van der Waals surface area contributed by atoms with Gasteiger partial charge in [0.25, 0.3) is 0 Å². The fourth-order valence-electron chi connectivity index (χ4n) is 3.36. The first-order chi connectivity index (χ1) is 14.3. The highest BCUT2D eigenvalue weighted by molar-refractivity contribution is 5.89. The van der Waals surface area contributed by atoms with Crippen LogP contribution in [0.25, 0.3) is 11.0 Å². The van der Waals surface area contributed by atoms with Crippen LogP contribution < -0.4 is 10.4 Å². The number of aromatic carboxylic acids is 1. The second kappa shape index (κ2) is 9.48. The van der Waals surface area contributed by atoms with Crippen LogP contribution in [0.15, 0.2) is 48.5 Å². The van der Waals surface area contributed by atoms with Crippen LogP contribution in [0.4, 0.5) is 5.82 Å². The van der Waals surface area contributed by atoms with Gasteiger partial charge in [0.1, 0.15) is 11.6 Å². The molecule has 3 aromatic rings. The molecule has 1 N–H and O–H groups in total. The number of rotatable bonds is 9. The number of fused-ring (bicyclic) bond motifs is 1. The van der Waals surface area contributed by atoms with Gasteiger partial charge in [-0.25, -0.2) is 9.97 Å². The van der Waals surface area contributed by atoms with Crippen LogP contribution in [-0.2, 0) is 4.79 Å². The van der Waals surface area contributed by atoms with Gasteiger partial charge in [-0.05, 0) is 49.1 Å². The molecule has 0 aliphatic rings. The predicted molar refractivity (Wildman–Crippen MR) is 115 cm³/mol. The fraction of sp³-hybridized carbons (Fsp3) is 0.333. The first-order valence-electron chi connectivity index (χ1n) is 10.2. The van der Waals surface area contributed by atoms with Gasteiger partial charge in [-0.15, -0.1) is 0 Å². The molecule has 0 aliphatic carbocycles. The third kappa shape index (κ3) is 5.41. The monoisotopic (exact) mass is 404 g/mol. The standard InChI is InChI=1S/C24H27N3O3/c1-15(2)8-12-18(28)14-21(19-6-4-5-7-20(19)24(29)30)26-22-13-11-17-10-9-16(3)25-23(17)27-22/h4-7,9-11,13,15,21H,8,12,14H2,1-3H3,(H,29,30)(H,25,26,27)/p-1. The van der Waals surface area contributed by atoms with Gasteiger partial charge >= 0.3 is 0 Å². The number of carboxylic acids is 1. The Hall–Kier alpha value is -3.28. The summed E-state index contributed by atoms with van der Waals surface area (Å²) >= 11 is 0. The molecular formula is C24H26N3O3-. The molecule has 1 unspecified atom stereocenters. The molecule has 2 aromatic heterocycles. The molecule has 30 heavy (non-hydrogen) atoms. The molecule has 6 heteroatoms. The van der Waals surface area contributed by atoms with Gasteiger partial charge in [0.15, 0.2) is 5.65 Å². The summed E-state index contributed by atoms with van der Waals surface area (Å²) in [5.74, 6) is -0.234. The van der Waals surface area contributed by atoms with Crippen molar-refractivity contribution in [2.24, 2.45) is 5.92 Å². The van der Waals surface area contributed by atoms with Crippen LogP contribution in [0.3, 0.4) is 0 Å². The van der Waals surface area contributed by atoms with Gasteiger partial charge in [-0.1, -0.05) is 38.1 Å². The molecular weight excluding hydrogens is 378 g/mol. The van der Waals surface area contributed by atoms with E-state index in [0.29, 0.717) is 29.4 Å². The van der Waals surface area contributed by atoms with E-state index >= 15 is 0 Å². The zero-order chi connectivity index (χ0) is 21.7. The molecule has 0 aliphatic heterocycles. The number of nitrogens with zero attached hydrogens (tertiary/aromatic N) is 2. The number of pyridine rings is 2. The molecule has 0 bridgehead atoms. The number of Topliss-reactive ketones (excluding diaryl/α,β-unsaturated/α-hetero) is 1. The Labute approximate surface area is 176 Å². The molecule has 2 heterocycles. The summed E-state index contributed by atoms with van der Waals surface area (Å²) in [5, 5.41) is 15.8. The molecule has 0 amide bonds. The Morgan fingerprint density at radius 1 is 1.03 bits per heavy atom. The number of nitrogens with one attached hydrogen (secondary N) is 1. The number of hydrogen-bond acceptors (Lipinski definition) is 6. The number of carbonyl (C=O) groups excluding carboxylic acids is 2. The van der Waals surface area contributed by atoms with Crippen molar-refractivity contribution in [2.45, 2.75) is 46.1 Å². The Morgan fingerprint density at radius 2 is 1.77 bits per heavy atom. The van der Waals surface area contributed by atoms with Crippen LogP contribution in [0.1, 0.15) is 60.8 Å². The normalized spacial score (nSPS) is 12.1. The third-order valence-corrected chi connectivity index (χ3v) is 5.00. The van der Waals surface area contributed by atoms with E-state index in [1.807, 2.05) is 31.2 Å². The van der Waals surface area contributed by atoms with Gasteiger partial charge in [0, 0.05) is 29.5 Å². The van der Waals surface area contributed by atoms with E-state index in [0.717, 1.165) is 17.5 Å². The van der Waals surface area contributed by atoms with E-state index in [2.05, 4.69) is 29.1 Å². The van der Waals surface area contributed by atoms with Crippen LogP contribution in [0.2, 0.25) is 0 Å². The lowest BCUT2D eigenvalue weighted by Crippen LogP contribution is -2.26. The van der Waals surface area contributed by atoms with E-state index in [-0.39, 0.29) is 17.8 Å². The molecule has 0 saturated heterocycles. The van der Waals surface area contributed by atoms with Crippen molar-refractivity contribution in [3.8, 4) is 0 Å². The SMILES string of the molecule is Cc1ccc2ccc(NC(CC(=O)CCC(C)C)c3ccccc3C(=O)[O-])nc2n1. The van der Waals surface area contributed by atoms with Crippen molar-refractivity contribution in [1.29, 1.82) is 0 Å². The second-order valence-corrected chi connectivity index (χ2v) is 7.94. The summed E-state index contributed by atoms with van der Waals surface area (Å²) in [4.78, 5) is 33.3. The summed E-state index contributed by atoms with van der Waals surface area (Å²) in [6.07, 6.45) is 1.41. The van der Waals surface area contributed by atoms with Crippen LogP contribution in [-0.4, -0.2) is 21.7 Å². The van der Waals surface area contributed by atoms with E-state index in [9.17, 15) is 14.7 Å². The molecule has 156 valence electrons. The highest BCUT2D eigenvalue weighted by atomic mass is 16.4. The van der Waals surface area contributed by atoms with Crippen molar-refractivity contribution < 1.29 is 14.7 Å². The number of benzene rings is 1. The third-order valence-electron chi connectivity index (χ3n) is 5.00. The van der Waals surface area contributed by atoms with E-state index in [4.69, 9.17) is 0 Å². The first kappa shape index (κ1) is 21.4. The molecule has 0 radical (unpaired) electrons. The highest BCUT2D eigenvalue weighted by Gasteiger charge is 2.20. The van der Waals surface area contributed by atoms with Gasteiger partial charge in [-0.2, -0.15) is 0 Å². The predicted octanol–water partition coefficient (Wildman–Crippen LogP) is 3.85. The summed E-state index contributed by atoms with van der Waals surface area (Å²) in [6, 6.07) is 13.7. The van der Waals surface area contributed by atoms with Gasteiger partial charge in [-0.3, -0.25) is 4.79 Å². The number of ketones is 1. The average Bonchev–Trinajstić information content (AvgIpc) is 2.71. The van der Waals surface area contributed by atoms with Crippen LogP contribution in [0.5, 0.6) is 0 Å². The first-order valence-corrected chi connectivity index (χ1v) is 10.2. The lowest BCUT2D eigenvalue weighted by atomic mass is 9.94. The molecule has 3 rings (SSSR count). The maximum Gasteiger partial charge on any atom is 0.161 e. The minimum absolute atomic E-state index is 0.0708.